The van der Waals surface area contributed by atoms with Crippen LogP contribution in [0.2, 0.25) is 5.15 Å². The van der Waals surface area contributed by atoms with Crippen LogP contribution in [-0.4, -0.2) is 15.1 Å². The number of halogens is 1. The number of aromatic nitrogens is 2. The second-order valence-corrected chi connectivity index (χ2v) is 3.31. The molecule has 12 heavy (non-hydrogen) atoms. The van der Waals surface area contributed by atoms with E-state index in [1.165, 1.54) is 0 Å². The van der Waals surface area contributed by atoms with Gasteiger partial charge < -0.3 is 5.11 Å². The summed E-state index contributed by atoms with van der Waals surface area (Å²) in [6.45, 7) is 5.63. The third-order valence-corrected chi connectivity index (χ3v) is 1.79. The molecule has 1 aromatic rings. The summed E-state index contributed by atoms with van der Waals surface area (Å²) in [5, 5.41) is 9.57. The van der Waals surface area contributed by atoms with Gasteiger partial charge in [-0.15, -0.1) is 0 Å². The van der Waals surface area contributed by atoms with Crippen LogP contribution in [0.15, 0.2) is 0 Å². The Kier molecular flexibility index (Phi) is 2.52. The zero-order valence-electron chi connectivity index (χ0n) is 7.30. The molecule has 0 saturated carbocycles. The maximum Gasteiger partial charge on any atom is 0.175 e. The molecule has 0 unspecified atom stereocenters. The van der Waals surface area contributed by atoms with Gasteiger partial charge in [0.25, 0.3) is 0 Å². The molecule has 1 aromatic heterocycles. The van der Waals surface area contributed by atoms with Gasteiger partial charge in [0.05, 0.1) is 5.69 Å². The van der Waals surface area contributed by atoms with Crippen LogP contribution >= 0.6 is 11.6 Å². The monoisotopic (exact) mass is 186 g/mol. The van der Waals surface area contributed by atoms with Gasteiger partial charge in [0.2, 0.25) is 0 Å². The van der Waals surface area contributed by atoms with Gasteiger partial charge in [-0.05, 0) is 12.8 Å². The van der Waals surface area contributed by atoms with Gasteiger partial charge in [-0.2, -0.15) is 0 Å². The predicted molar refractivity (Wildman–Crippen MR) is 47.5 cm³/mol. The number of nitrogens with zero attached hydrogens (tertiary/aromatic N) is 2. The molecule has 3 nitrogen and oxygen atoms in total. The van der Waals surface area contributed by atoms with Crippen molar-refractivity contribution in [3.8, 4) is 5.75 Å². The van der Waals surface area contributed by atoms with E-state index in [4.69, 9.17) is 11.6 Å². The minimum absolute atomic E-state index is 0.00253. The number of aromatic hydroxyl groups is 1. The number of hydrogen-bond acceptors (Lipinski definition) is 3. The second-order valence-electron chi connectivity index (χ2n) is 2.95. The van der Waals surface area contributed by atoms with E-state index in [0.717, 1.165) is 0 Å². The van der Waals surface area contributed by atoms with Crippen molar-refractivity contribution in [3.63, 3.8) is 0 Å². The highest BCUT2D eigenvalue weighted by Crippen LogP contribution is 2.28. The molecule has 0 aliphatic carbocycles. The van der Waals surface area contributed by atoms with Gasteiger partial charge in [-0.25, -0.2) is 9.97 Å². The lowest BCUT2D eigenvalue weighted by Crippen LogP contribution is -1.98. The van der Waals surface area contributed by atoms with Crippen molar-refractivity contribution in [1.29, 1.82) is 0 Å². The summed E-state index contributed by atoms with van der Waals surface area (Å²) in [6.07, 6.45) is 0. The third-order valence-electron chi connectivity index (χ3n) is 1.53. The first-order valence-corrected chi connectivity index (χ1v) is 4.13. The molecule has 0 radical (unpaired) electrons. The summed E-state index contributed by atoms with van der Waals surface area (Å²) in [5.74, 6) is 0.739. The minimum Gasteiger partial charge on any atom is -0.503 e. The Labute approximate surface area is 76.4 Å². The maximum atomic E-state index is 9.44. The standard InChI is InChI=1S/C8H11ClN2O/c1-4(2)6-7(12)8(9)11-5(3)10-6/h4,12H,1-3H3. The Balaban J connectivity index is 3.28. The highest BCUT2D eigenvalue weighted by Gasteiger charge is 2.12. The highest BCUT2D eigenvalue weighted by atomic mass is 35.5. The van der Waals surface area contributed by atoms with Crippen LogP contribution in [0.3, 0.4) is 0 Å². The number of rotatable bonds is 1. The van der Waals surface area contributed by atoms with Gasteiger partial charge in [-0.3, -0.25) is 0 Å². The zero-order chi connectivity index (χ0) is 9.30. The molecule has 66 valence electrons. The molecule has 0 bridgehead atoms. The molecule has 0 aliphatic rings. The Morgan fingerprint density at radius 1 is 1.33 bits per heavy atom. The fourth-order valence-corrected chi connectivity index (χ4v) is 1.17. The first kappa shape index (κ1) is 9.26. The van der Waals surface area contributed by atoms with E-state index in [-0.39, 0.29) is 16.8 Å². The molecular formula is C8H11ClN2O. The van der Waals surface area contributed by atoms with Crippen molar-refractivity contribution in [2.75, 3.05) is 0 Å². The highest BCUT2D eigenvalue weighted by molar-refractivity contribution is 6.30. The topological polar surface area (TPSA) is 46.0 Å². The van der Waals surface area contributed by atoms with Crippen LogP contribution in [-0.2, 0) is 0 Å². The predicted octanol–water partition coefficient (Wildman–Crippen LogP) is 2.27. The minimum atomic E-state index is -0.00253. The Morgan fingerprint density at radius 3 is 2.42 bits per heavy atom. The van der Waals surface area contributed by atoms with E-state index in [2.05, 4.69) is 9.97 Å². The molecule has 0 aliphatic heterocycles. The first-order chi connectivity index (χ1) is 5.52. The van der Waals surface area contributed by atoms with Crippen LogP contribution in [0, 0.1) is 6.92 Å². The maximum absolute atomic E-state index is 9.44. The van der Waals surface area contributed by atoms with Crippen molar-refractivity contribution in [1.82, 2.24) is 9.97 Å². The Hall–Kier alpha value is -0.830. The van der Waals surface area contributed by atoms with Gasteiger partial charge >= 0.3 is 0 Å². The van der Waals surface area contributed by atoms with E-state index in [9.17, 15) is 5.11 Å². The fourth-order valence-electron chi connectivity index (χ4n) is 0.955. The Morgan fingerprint density at radius 2 is 1.92 bits per heavy atom. The number of hydrogen-bond donors (Lipinski definition) is 1. The van der Waals surface area contributed by atoms with Crippen LogP contribution < -0.4 is 0 Å². The molecule has 1 heterocycles. The number of aryl methyl sites for hydroxylation is 1. The molecule has 0 saturated heterocycles. The molecule has 0 amide bonds. The molecular weight excluding hydrogens is 176 g/mol. The van der Waals surface area contributed by atoms with E-state index < -0.39 is 0 Å². The Bertz CT molecular complexity index is 299. The lowest BCUT2D eigenvalue weighted by molar-refractivity contribution is 0.456. The van der Waals surface area contributed by atoms with Gasteiger partial charge in [0.1, 0.15) is 5.82 Å². The summed E-state index contributed by atoms with van der Waals surface area (Å²) in [6, 6.07) is 0. The van der Waals surface area contributed by atoms with Crippen LogP contribution in [0.4, 0.5) is 0 Å². The molecule has 4 heteroatoms. The van der Waals surface area contributed by atoms with Crippen LogP contribution in [0.1, 0.15) is 31.3 Å². The molecule has 0 atom stereocenters. The van der Waals surface area contributed by atoms with Gasteiger partial charge in [0.15, 0.2) is 10.9 Å². The lowest BCUT2D eigenvalue weighted by atomic mass is 10.1. The summed E-state index contributed by atoms with van der Waals surface area (Å²) in [5.41, 5.74) is 0.604. The molecule has 0 fully saturated rings. The molecule has 1 rings (SSSR count). The molecule has 0 spiro atoms. The van der Waals surface area contributed by atoms with Crippen LogP contribution in [0.25, 0.3) is 0 Å². The third kappa shape index (κ3) is 1.67. The molecule has 1 N–H and O–H groups in total. The van der Waals surface area contributed by atoms with Crippen molar-refractivity contribution in [2.45, 2.75) is 26.7 Å². The first-order valence-electron chi connectivity index (χ1n) is 3.75. The average molecular weight is 187 g/mol. The SMILES string of the molecule is Cc1nc(Cl)c(O)c(C(C)C)n1. The fraction of sp³-hybridized carbons (Fsp3) is 0.500. The van der Waals surface area contributed by atoms with E-state index in [0.29, 0.717) is 11.5 Å². The summed E-state index contributed by atoms with van der Waals surface area (Å²) < 4.78 is 0. The van der Waals surface area contributed by atoms with E-state index in [1.807, 2.05) is 13.8 Å². The van der Waals surface area contributed by atoms with E-state index >= 15 is 0 Å². The van der Waals surface area contributed by atoms with Crippen molar-refractivity contribution in [2.24, 2.45) is 0 Å². The van der Waals surface area contributed by atoms with Crippen molar-refractivity contribution >= 4 is 11.6 Å². The zero-order valence-corrected chi connectivity index (χ0v) is 8.05. The van der Waals surface area contributed by atoms with Gasteiger partial charge in [-0.1, -0.05) is 25.4 Å². The lowest BCUT2D eigenvalue weighted by Gasteiger charge is -2.08. The molecule has 0 aromatic carbocycles. The van der Waals surface area contributed by atoms with E-state index in [1.54, 1.807) is 6.92 Å². The van der Waals surface area contributed by atoms with Crippen molar-refractivity contribution in [3.05, 3.63) is 16.7 Å². The average Bonchev–Trinajstić information content (AvgIpc) is 1.96. The summed E-state index contributed by atoms with van der Waals surface area (Å²) in [4.78, 5) is 7.91. The van der Waals surface area contributed by atoms with Gasteiger partial charge in [0, 0.05) is 0 Å². The largest absolute Gasteiger partial charge is 0.503 e. The van der Waals surface area contributed by atoms with Crippen LogP contribution in [0.5, 0.6) is 5.75 Å². The second kappa shape index (κ2) is 3.27. The summed E-state index contributed by atoms with van der Waals surface area (Å²) >= 11 is 5.66. The smallest absolute Gasteiger partial charge is 0.175 e. The summed E-state index contributed by atoms with van der Waals surface area (Å²) in [7, 11) is 0. The normalized spacial score (nSPS) is 10.8. The van der Waals surface area contributed by atoms with Crippen molar-refractivity contribution < 1.29 is 5.11 Å². The quantitative estimate of drug-likeness (QED) is 0.685.